The van der Waals surface area contributed by atoms with Crippen molar-refractivity contribution >= 4 is 39.5 Å². The summed E-state index contributed by atoms with van der Waals surface area (Å²) in [6, 6.07) is 3.40. The number of nitrogen functional groups attached to an aromatic ring is 2. The Morgan fingerprint density at radius 1 is 1.17 bits per heavy atom. The van der Waals surface area contributed by atoms with Crippen LogP contribution in [0.4, 0.5) is 11.4 Å². The zero-order chi connectivity index (χ0) is 17.4. The van der Waals surface area contributed by atoms with Gasteiger partial charge in [0.25, 0.3) is 0 Å². The Morgan fingerprint density at radius 2 is 1.88 bits per heavy atom. The summed E-state index contributed by atoms with van der Waals surface area (Å²) < 4.78 is 5.31. The molecule has 6 heteroatoms. The number of aryl methyl sites for hydroxylation is 1. The van der Waals surface area contributed by atoms with Gasteiger partial charge < -0.3 is 15.9 Å². The molecule has 0 atom stereocenters. The molecule has 3 rings (SSSR count). The summed E-state index contributed by atoms with van der Waals surface area (Å²) in [5, 5.41) is 4.30. The lowest BCUT2D eigenvalue weighted by molar-refractivity contribution is 0.103. The second-order valence-corrected chi connectivity index (χ2v) is 6.30. The molecule has 5 nitrogen and oxygen atoms in total. The van der Waals surface area contributed by atoms with Crippen LogP contribution in [0.3, 0.4) is 0 Å². The van der Waals surface area contributed by atoms with E-state index in [1.54, 1.807) is 12.1 Å². The minimum Gasteiger partial charge on any atom is -0.421 e. The molecule has 0 spiro atoms. The molecule has 3 aromatic rings. The molecule has 0 aliphatic carbocycles. The van der Waals surface area contributed by atoms with Gasteiger partial charge in [0.1, 0.15) is 11.3 Å². The van der Waals surface area contributed by atoms with E-state index in [-0.39, 0.29) is 17.2 Å². The van der Waals surface area contributed by atoms with E-state index in [0.29, 0.717) is 34.9 Å². The zero-order valence-electron chi connectivity index (χ0n) is 13.5. The number of carbonyl (C=O) groups excluding carboxylic acids is 1. The predicted octanol–water partition coefficient (Wildman–Crippen LogP) is 3.37. The maximum Gasteiger partial charge on any atom is 0.361 e. The van der Waals surface area contributed by atoms with Gasteiger partial charge in [0.2, 0.25) is 0 Å². The van der Waals surface area contributed by atoms with Crippen LogP contribution in [0.25, 0.3) is 11.0 Å². The minimum absolute atomic E-state index is 0.0808. The van der Waals surface area contributed by atoms with Crippen LogP contribution in [0.15, 0.2) is 32.1 Å². The molecular weight excluding hydrogens is 324 g/mol. The van der Waals surface area contributed by atoms with Crippen LogP contribution in [0.5, 0.6) is 0 Å². The van der Waals surface area contributed by atoms with Crippen molar-refractivity contribution in [2.75, 3.05) is 11.5 Å². The van der Waals surface area contributed by atoms with Crippen LogP contribution in [0.2, 0.25) is 0 Å². The molecule has 0 bridgehead atoms. The number of thiophene rings is 1. The van der Waals surface area contributed by atoms with Crippen LogP contribution >= 0.6 is 11.3 Å². The third-order valence-corrected chi connectivity index (χ3v) is 4.91. The maximum atomic E-state index is 12.9. The first kappa shape index (κ1) is 16.3. The smallest absolute Gasteiger partial charge is 0.361 e. The van der Waals surface area contributed by atoms with Gasteiger partial charge in [0.15, 0.2) is 5.78 Å². The van der Waals surface area contributed by atoms with Crippen LogP contribution in [-0.4, -0.2) is 5.78 Å². The molecule has 24 heavy (non-hydrogen) atoms. The van der Waals surface area contributed by atoms with Crippen molar-refractivity contribution in [1.29, 1.82) is 0 Å². The molecule has 0 fully saturated rings. The van der Waals surface area contributed by atoms with E-state index in [2.05, 4.69) is 0 Å². The fraction of sp³-hybridized carbons (Fsp3) is 0.222. The van der Waals surface area contributed by atoms with Crippen LogP contribution in [-0.2, 0) is 12.8 Å². The van der Waals surface area contributed by atoms with Crippen LogP contribution in [0.1, 0.15) is 40.9 Å². The normalized spacial score (nSPS) is 11.1. The van der Waals surface area contributed by atoms with E-state index >= 15 is 0 Å². The molecule has 0 saturated heterocycles. The number of hydrogen-bond acceptors (Lipinski definition) is 6. The second-order valence-electron chi connectivity index (χ2n) is 5.52. The Balaban J connectivity index is 2.41. The van der Waals surface area contributed by atoms with Gasteiger partial charge in [-0.1, -0.05) is 13.8 Å². The number of ketones is 1. The number of carbonyl (C=O) groups is 1. The number of benzene rings is 1. The molecule has 0 radical (unpaired) electrons. The molecular formula is C18H18N2O3S. The van der Waals surface area contributed by atoms with Gasteiger partial charge in [0, 0.05) is 21.9 Å². The summed E-state index contributed by atoms with van der Waals surface area (Å²) in [6.45, 7) is 3.97. The van der Waals surface area contributed by atoms with Crippen molar-refractivity contribution in [1.82, 2.24) is 0 Å². The SMILES string of the molecule is CCc1c(C(=O)c2ccsc2)cc2oc(=O)c(N)c(N)c2c1CC. The van der Waals surface area contributed by atoms with Crippen molar-refractivity contribution in [2.45, 2.75) is 26.7 Å². The Labute approximate surface area is 142 Å². The van der Waals surface area contributed by atoms with Crippen molar-refractivity contribution in [2.24, 2.45) is 0 Å². The number of fused-ring (bicyclic) bond motifs is 1. The zero-order valence-corrected chi connectivity index (χ0v) is 14.3. The van der Waals surface area contributed by atoms with Crippen LogP contribution < -0.4 is 17.1 Å². The van der Waals surface area contributed by atoms with Gasteiger partial charge in [-0.05, 0) is 41.5 Å². The molecule has 0 saturated carbocycles. The first-order chi connectivity index (χ1) is 11.5. The van der Waals surface area contributed by atoms with Gasteiger partial charge in [-0.3, -0.25) is 4.79 Å². The average molecular weight is 342 g/mol. The largest absolute Gasteiger partial charge is 0.421 e. The highest BCUT2D eigenvalue weighted by Crippen LogP contribution is 2.33. The summed E-state index contributed by atoms with van der Waals surface area (Å²) >= 11 is 1.47. The standard InChI is InChI=1S/C18H18N2O3S/c1-3-10-11(4-2)14-13(23-18(22)16(20)15(14)19)7-12(10)17(21)9-5-6-24-8-9/h5-8H,3-4,19-20H2,1-2H3. The Kier molecular flexibility index (Phi) is 4.15. The third kappa shape index (κ3) is 2.39. The monoisotopic (exact) mass is 342 g/mol. The summed E-state index contributed by atoms with van der Waals surface area (Å²) in [5.41, 5.74) is 14.6. The number of hydrogen-bond donors (Lipinski definition) is 2. The highest BCUT2D eigenvalue weighted by Gasteiger charge is 2.22. The molecule has 0 aliphatic heterocycles. The van der Waals surface area contributed by atoms with E-state index in [0.717, 1.165) is 11.1 Å². The topological polar surface area (TPSA) is 99.3 Å². The quantitative estimate of drug-likeness (QED) is 0.559. The molecule has 0 unspecified atom stereocenters. The lowest BCUT2D eigenvalue weighted by atomic mass is 9.89. The van der Waals surface area contributed by atoms with Crippen molar-refractivity contribution < 1.29 is 9.21 Å². The Bertz CT molecular complexity index is 988. The van der Waals surface area contributed by atoms with E-state index in [1.807, 2.05) is 24.6 Å². The second kappa shape index (κ2) is 6.13. The van der Waals surface area contributed by atoms with Crippen molar-refractivity contribution in [3.63, 3.8) is 0 Å². The molecule has 2 aromatic heterocycles. The lowest BCUT2D eigenvalue weighted by Gasteiger charge is -2.16. The fourth-order valence-corrected chi connectivity index (χ4v) is 3.71. The summed E-state index contributed by atoms with van der Waals surface area (Å²) in [5.74, 6) is -0.0808. The maximum absolute atomic E-state index is 12.9. The average Bonchev–Trinajstić information content (AvgIpc) is 3.12. The van der Waals surface area contributed by atoms with Crippen LogP contribution in [0, 0.1) is 0 Å². The predicted molar refractivity (Wildman–Crippen MR) is 97.8 cm³/mol. The summed E-state index contributed by atoms with van der Waals surface area (Å²) in [7, 11) is 0. The highest BCUT2D eigenvalue weighted by molar-refractivity contribution is 7.08. The first-order valence-corrected chi connectivity index (χ1v) is 8.67. The van der Waals surface area contributed by atoms with Gasteiger partial charge in [-0.25, -0.2) is 4.79 Å². The first-order valence-electron chi connectivity index (χ1n) is 7.72. The van der Waals surface area contributed by atoms with E-state index in [4.69, 9.17) is 15.9 Å². The Morgan fingerprint density at radius 3 is 2.46 bits per heavy atom. The Hall–Kier alpha value is -2.60. The van der Waals surface area contributed by atoms with E-state index in [1.165, 1.54) is 11.3 Å². The molecule has 124 valence electrons. The van der Waals surface area contributed by atoms with E-state index < -0.39 is 5.63 Å². The fourth-order valence-electron chi connectivity index (χ4n) is 3.07. The van der Waals surface area contributed by atoms with Gasteiger partial charge in [0.05, 0.1) is 5.69 Å². The number of anilines is 2. The van der Waals surface area contributed by atoms with Gasteiger partial charge >= 0.3 is 5.63 Å². The summed E-state index contributed by atoms with van der Waals surface area (Å²) in [4.78, 5) is 24.7. The number of rotatable bonds is 4. The highest BCUT2D eigenvalue weighted by atomic mass is 32.1. The molecule has 1 aromatic carbocycles. The third-order valence-electron chi connectivity index (χ3n) is 4.23. The van der Waals surface area contributed by atoms with E-state index in [9.17, 15) is 9.59 Å². The number of nitrogens with two attached hydrogens (primary N) is 2. The molecule has 0 amide bonds. The van der Waals surface area contributed by atoms with Crippen molar-refractivity contribution in [3.05, 3.63) is 55.6 Å². The van der Waals surface area contributed by atoms with Gasteiger partial charge in [-0.15, -0.1) is 0 Å². The minimum atomic E-state index is -0.680. The molecule has 4 N–H and O–H groups in total. The van der Waals surface area contributed by atoms with Crippen molar-refractivity contribution in [3.8, 4) is 0 Å². The summed E-state index contributed by atoms with van der Waals surface area (Å²) in [6.07, 6.45) is 1.32. The molecule has 2 heterocycles. The van der Waals surface area contributed by atoms with Gasteiger partial charge in [-0.2, -0.15) is 11.3 Å². The lowest BCUT2D eigenvalue weighted by Crippen LogP contribution is -2.14. The molecule has 0 aliphatic rings.